The minimum absolute atomic E-state index is 0.106. The van der Waals surface area contributed by atoms with Gasteiger partial charge in [0.2, 0.25) is 0 Å². The molecule has 0 saturated carbocycles. The van der Waals surface area contributed by atoms with E-state index in [0.717, 1.165) is 0 Å². The summed E-state index contributed by atoms with van der Waals surface area (Å²) < 4.78 is 10.2. The van der Waals surface area contributed by atoms with Crippen LogP contribution in [0, 0.1) is 0 Å². The van der Waals surface area contributed by atoms with Crippen molar-refractivity contribution in [1.29, 1.82) is 0 Å². The van der Waals surface area contributed by atoms with Crippen molar-refractivity contribution in [3.8, 4) is 11.5 Å². The monoisotopic (exact) mass is 400 g/mol. The summed E-state index contributed by atoms with van der Waals surface area (Å²) >= 11 is 0. The quantitative estimate of drug-likeness (QED) is 0.352. The maximum Gasteiger partial charge on any atom is 0.335 e. The van der Waals surface area contributed by atoms with Gasteiger partial charge in [-0.05, 0) is 61.4 Å². The predicted molar refractivity (Wildman–Crippen MR) is 101 cm³/mol. The topological polar surface area (TPSA) is 127 Å². The number of rotatable bonds is 10. The number of carbonyl (C=O) groups is 4. The molecule has 0 saturated heterocycles. The van der Waals surface area contributed by atoms with E-state index in [4.69, 9.17) is 19.7 Å². The Labute approximate surface area is 166 Å². The molecule has 0 aliphatic heterocycles. The molecule has 0 aliphatic rings. The van der Waals surface area contributed by atoms with E-state index >= 15 is 0 Å². The number of esters is 2. The van der Waals surface area contributed by atoms with Gasteiger partial charge in [0.1, 0.15) is 11.5 Å². The third kappa shape index (κ3) is 7.45. The molecule has 8 heteroatoms. The number of aromatic carboxylic acids is 2. The highest BCUT2D eigenvalue weighted by Gasteiger charge is 2.09. The van der Waals surface area contributed by atoms with Gasteiger partial charge in [0.05, 0.1) is 11.1 Å². The fraction of sp³-hybridized carbons (Fsp3) is 0.238. The summed E-state index contributed by atoms with van der Waals surface area (Å²) in [5.74, 6) is -2.43. The zero-order valence-corrected chi connectivity index (χ0v) is 15.5. The highest BCUT2D eigenvalue weighted by Crippen LogP contribution is 2.15. The molecule has 0 bridgehead atoms. The average Bonchev–Trinajstić information content (AvgIpc) is 2.68. The van der Waals surface area contributed by atoms with Crippen molar-refractivity contribution in [1.82, 2.24) is 0 Å². The Kier molecular flexibility index (Phi) is 7.90. The maximum atomic E-state index is 11.8. The SMILES string of the molecule is O=C(CCCCCC(=O)Oc1ccc(C(=O)O)cc1)Oc1ccc(C(=O)O)cc1. The van der Waals surface area contributed by atoms with E-state index in [2.05, 4.69) is 0 Å². The van der Waals surface area contributed by atoms with E-state index in [1.54, 1.807) is 0 Å². The van der Waals surface area contributed by atoms with Gasteiger partial charge in [-0.25, -0.2) is 9.59 Å². The van der Waals surface area contributed by atoms with E-state index in [0.29, 0.717) is 19.3 Å². The second-order valence-corrected chi connectivity index (χ2v) is 6.17. The second kappa shape index (κ2) is 10.6. The molecule has 0 atom stereocenters. The number of hydrogen-bond acceptors (Lipinski definition) is 6. The van der Waals surface area contributed by atoms with Crippen molar-refractivity contribution in [3.63, 3.8) is 0 Å². The molecule has 0 spiro atoms. The van der Waals surface area contributed by atoms with Crippen molar-refractivity contribution in [2.24, 2.45) is 0 Å². The molecule has 2 rings (SSSR count). The summed E-state index contributed by atoms with van der Waals surface area (Å²) in [5.41, 5.74) is 0.212. The zero-order valence-electron chi connectivity index (χ0n) is 15.5. The van der Waals surface area contributed by atoms with E-state index < -0.39 is 23.9 Å². The molecule has 0 amide bonds. The summed E-state index contributed by atoms with van der Waals surface area (Å²) in [6, 6.07) is 11.1. The third-order valence-corrected chi connectivity index (χ3v) is 3.93. The zero-order chi connectivity index (χ0) is 21.2. The summed E-state index contributed by atoms with van der Waals surface area (Å²) in [6.45, 7) is 0. The molecular formula is C21H20O8. The molecule has 0 aliphatic carbocycles. The Balaban J connectivity index is 1.62. The lowest BCUT2D eigenvalue weighted by Gasteiger charge is -2.06. The normalized spacial score (nSPS) is 10.2. The van der Waals surface area contributed by atoms with Gasteiger partial charge in [0, 0.05) is 12.8 Å². The van der Waals surface area contributed by atoms with E-state index in [9.17, 15) is 19.2 Å². The lowest BCUT2D eigenvalue weighted by molar-refractivity contribution is -0.134. The number of benzene rings is 2. The van der Waals surface area contributed by atoms with Crippen LogP contribution in [0.2, 0.25) is 0 Å². The first-order valence-electron chi connectivity index (χ1n) is 8.93. The van der Waals surface area contributed by atoms with Crippen LogP contribution in [0.4, 0.5) is 0 Å². The Morgan fingerprint density at radius 3 is 1.24 bits per heavy atom. The Morgan fingerprint density at radius 1 is 0.586 bits per heavy atom. The molecule has 2 aromatic rings. The Bertz CT molecular complexity index is 795. The molecule has 0 radical (unpaired) electrons. The number of hydrogen-bond donors (Lipinski definition) is 2. The number of carboxylic acids is 2. The van der Waals surface area contributed by atoms with Crippen LogP contribution >= 0.6 is 0 Å². The van der Waals surface area contributed by atoms with Crippen LogP contribution in [0.15, 0.2) is 48.5 Å². The Hall–Kier alpha value is -3.68. The van der Waals surface area contributed by atoms with Crippen molar-refractivity contribution < 1.29 is 38.9 Å². The van der Waals surface area contributed by atoms with Crippen LogP contribution in [0.5, 0.6) is 11.5 Å². The molecule has 29 heavy (non-hydrogen) atoms. The molecule has 0 heterocycles. The number of ether oxygens (including phenoxy) is 2. The van der Waals surface area contributed by atoms with Gasteiger partial charge >= 0.3 is 23.9 Å². The first-order chi connectivity index (χ1) is 13.8. The van der Waals surface area contributed by atoms with Gasteiger partial charge in [-0.2, -0.15) is 0 Å². The van der Waals surface area contributed by atoms with Gasteiger partial charge in [-0.3, -0.25) is 9.59 Å². The van der Waals surface area contributed by atoms with Crippen LogP contribution in [-0.2, 0) is 9.59 Å². The highest BCUT2D eigenvalue weighted by atomic mass is 16.5. The first kappa shape index (κ1) is 21.6. The average molecular weight is 400 g/mol. The number of carbonyl (C=O) groups excluding carboxylic acids is 2. The minimum atomic E-state index is -1.06. The van der Waals surface area contributed by atoms with E-state index in [1.807, 2.05) is 0 Å². The van der Waals surface area contributed by atoms with Crippen molar-refractivity contribution in [2.45, 2.75) is 32.1 Å². The number of carboxylic acid groups (broad SMARTS) is 2. The van der Waals surface area contributed by atoms with Crippen LogP contribution < -0.4 is 9.47 Å². The maximum absolute atomic E-state index is 11.8. The van der Waals surface area contributed by atoms with Crippen LogP contribution in [0.25, 0.3) is 0 Å². The van der Waals surface area contributed by atoms with Crippen LogP contribution in [0.1, 0.15) is 52.8 Å². The number of unbranched alkanes of at least 4 members (excludes halogenated alkanes) is 2. The molecule has 2 N–H and O–H groups in total. The molecule has 0 fully saturated rings. The van der Waals surface area contributed by atoms with Crippen molar-refractivity contribution >= 4 is 23.9 Å². The third-order valence-electron chi connectivity index (χ3n) is 3.93. The lowest BCUT2D eigenvalue weighted by atomic mass is 10.1. The molecule has 0 aromatic heterocycles. The van der Waals surface area contributed by atoms with Gasteiger partial charge in [-0.1, -0.05) is 6.42 Å². The molecule has 0 unspecified atom stereocenters. The van der Waals surface area contributed by atoms with E-state index in [1.165, 1.54) is 48.5 Å². The fourth-order valence-electron chi connectivity index (χ4n) is 2.41. The molecule has 8 nitrogen and oxygen atoms in total. The molecule has 152 valence electrons. The Morgan fingerprint density at radius 2 is 0.931 bits per heavy atom. The minimum Gasteiger partial charge on any atom is -0.478 e. The van der Waals surface area contributed by atoms with Crippen LogP contribution in [0.3, 0.4) is 0 Å². The van der Waals surface area contributed by atoms with Crippen LogP contribution in [-0.4, -0.2) is 34.1 Å². The van der Waals surface area contributed by atoms with E-state index in [-0.39, 0.29) is 35.5 Å². The predicted octanol–water partition coefficient (Wildman–Crippen LogP) is 3.54. The van der Waals surface area contributed by atoms with Gasteiger partial charge < -0.3 is 19.7 Å². The summed E-state index contributed by atoms with van der Waals surface area (Å²) in [5, 5.41) is 17.6. The van der Waals surface area contributed by atoms with Crippen molar-refractivity contribution in [3.05, 3.63) is 59.7 Å². The highest BCUT2D eigenvalue weighted by molar-refractivity contribution is 5.88. The smallest absolute Gasteiger partial charge is 0.335 e. The summed E-state index contributed by atoms with van der Waals surface area (Å²) in [6.07, 6.45) is 2.04. The standard InChI is InChI=1S/C21H20O8/c22-18(28-16-10-6-14(7-11-16)20(24)25)4-2-1-3-5-19(23)29-17-12-8-15(9-13-17)21(26)27/h6-13H,1-5H2,(H,24,25)(H,26,27). The van der Waals surface area contributed by atoms with Gasteiger partial charge in [0.15, 0.2) is 0 Å². The first-order valence-corrected chi connectivity index (χ1v) is 8.93. The van der Waals surface area contributed by atoms with Crippen molar-refractivity contribution in [2.75, 3.05) is 0 Å². The van der Waals surface area contributed by atoms with Gasteiger partial charge in [0.25, 0.3) is 0 Å². The summed E-state index contributed by atoms with van der Waals surface area (Å²) in [4.78, 5) is 45.1. The lowest BCUT2D eigenvalue weighted by Crippen LogP contribution is -2.09. The molecule has 2 aromatic carbocycles. The largest absolute Gasteiger partial charge is 0.478 e. The van der Waals surface area contributed by atoms with Gasteiger partial charge in [-0.15, -0.1) is 0 Å². The second-order valence-electron chi connectivity index (χ2n) is 6.17. The summed E-state index contributed by atoms with van der Waals surface area (Å²) in [7, 11) is 0. The fourth-order valence-corrected chi connectivity index (χ4v) is 2.41. The molecular weight excluding hydrogens is 380 g/mol.